The van der Waals surface area contributed by atoms with E-state index in [1.165, 1.54) is 0 Å². The van der Waals surface area contributed by atoms with Crippen LogP contribution in [0.3, 0.4) is 0 Å². The predicted octanol–water partition coefficient (Wildman–Crippen LogP) is 4.10. The van der Waals surface area contributed by atoms with Gasteiger partial charge in [0.25, 0.3) is 0 Å². The number of hydrogen-bond acceptors (Lipinski definition) is 5. The molecule has 4 rings (SSSR count). The second kappa shape index (κ2) is 9.41. The lowest BCUT2D eigenvalue weighted by Gasteiger charge is -2.15. The van der Waals surface area contributed by atoms with Crippen LogP contribution in [0.25, 0.3) is 22.2 Å². The van der Waals surface area contributed by atoms with Crippen LogP contribution in [0.15, 0.2) is 67.3 Å². The normalized spacial score (nSPS) is 11.9. The SMILES string of the molecule is CC(C)CC(N)COc1cccc2c1c(-c1cccnc1)nn2C#Cc1cccnc1. The topological polar surface area (TPSA) is 78.9 Å². The zero-order valence-electron chi connectivity index (χ0n) is 17.7. The molecule has 4 aromatic rings. The van der Waals surface area contributed by atoms with E-state index in [1.807, 2.05) is 42.5 Å². The standard InChI is InChI=1S/C25H25N5O/c1-18(2)14-21(26)17-31-23-9-3-8-22-24(23)25(20-7-5-12-28-16-20)29-30(22)13-10-19-6-4-11-27-15-19/h3-9,11-12,15-16,18,21H,14,17,26H2,1-2H3. The predicted molar refractivity (Wildman–Crippen MR) is 122 cm³/mol. The lowest BCUT2D eigenvalue weighted by atomic mass is 10.1. The van der Waals surface area contributed by atoms with Crippen LogP contribution >= 0.6 is 0 Å². The van der Waals surface area contributed by atoms with Crippen LogP contribution in [0.4, 0.5) is 0 Å². The number of hydrogen-bond donors (Lipinski definition) is 1. The Balaban J connectivity index is 1.77. The second-order valence-corrected chi connectivity index (χ2v) is 7.83. The van der Waals surface area contributed by atoms with E-state index in [0.29, 0.717) is 12.5 Å². The molecule has 1 unspecified atom stereocenters. The van der Waals surface area contributed by atoms with Crippen molar-refractivity contribution in [1.29, 1.82) is 0 Å². The monoisotopic (exact) mass is 411 g/mol. The van der Waals surface area contributed by atoms with Crippen LogP contribution in [0.1, 0.15) is 25.8 Å². The second-order valence-electron chi connectivity index (χ2n) is 7.83. The molecule has 3 heterocycles. The fourth-order valence-electron chi connectivity index (χ4n) is 3.47. The molecular formula is C25H25N5O. The maximum absolute atomic E-state index is 6.25. The molecule has 1 atom stereocenters. The van der Waals surface area contributed by atoms with Gasteiger partial charge in [-0.25, -0.2) is 0 Å². The molecule has 0 bridgehead atoms. The van der Waals surface area contributed by atoms with Gasteiger partial charge < -0.3 is 10.5 Å². The van der Waals surface area contributed by atoms with Gasteiger partial charge in [-0.05, 0) is 54.7 Å². The quantitative estimate of drug-likeness (QED) is 0.483. The molecular weight excluding hydrogens is 386 g/mol. The first-order valence-corrected chi connectivity index (χ1v) is 10.3. The minimum Gasteiger partial charge on any atom is -0.491 e. The summed E-state index contributed by atoms with van der Waals surface area (Å²) in [7, 11) is 0. The van der Waals surface area contributed by atoms with Crippen molar-refractivity contribution in [2.75, 3.05) is 6.61 Å². The first-order chi connectivity index (χ1) is 15.1. The third-order valence-electron chi connectivity index (χ3n) is 4.80. The van der Waals surface area contributed by atoms with Gasteiger partial charge in [0.1, 0.15) is 18.1 Å². The molecule has 0 amide bonds. The van der Waals surface area contributed by atoms with Gasteiger partial charge in [0.05, 0.1) is 10.9 Å². The Morgan fingerprint density at radius 3 is 2.55 bits per heavy atom. The minimum atomic E-state index is -0.0301. The van der Waals surface area contributed by atoms with E-state index < -0.39 is 0 Å². The molecule has 0 spiro atoms. The molecule has 0 aliphatic heterocycles. The molecule has 156 valence electrons. The maximum atomic E-state index is 6.25. The molecule has 0 saturated heterocycles. The van der Waals surface area contributed by atoms with Gasteiger partial charge >= 0.3 is 0 Å². The Morgan fingerprint density at radius 2 is 1.84 bits per heavy atom. The summed E-state index contributed by atoms with van der Waals surface area (Å²) in [5, 5.41) is 5.68. The molecule has 0 fully saturated rings. The van der Waals surface area contributed by atoms with Gasteiger partial charge in [0.15, 0.2) is 0 Å². The largest absolute Gasteiger partial charge is 0.491 e. The zero-order valence-corrected chi connectivity index (χ0v) is 17.7. The van der Waals surface area contributed by atoms with Gasteiger partial charge in [-0.2, -0.15) is 9.78 Å². The highest BCUT2D eigenvalue weighted by Gasteiger charge is 2.17. The highest BCUT2D eigenvalue weighted by atomic mass is 16.5. The summed E-state index contributed by atoms with van der Waals surface area (Å²) in [6, 6.07) is 16.6. The van der Waals surface area contributed by atoms with E-state index in [1.54, 1.807) is 29.5 Å². The number of nitrogens with zero attached hydrogens (tertiary/aromatic N) is 4. The van der Waals surface area contributed by atoms with E-state index in [0.717, 1.165) is 39.9 Å². The van der Waals surface area contributed by atoms with Crippen molar-refractivity contribution in [2.45, 2.75) is 26.3 Å². The fraction of sp³-hybridized carbons (Fsp3) is 0.240. The number of benzene rings is 1. The molecule has 0 aliphatic rings. The van der Waals surface area contributed by atoms with E-state index in [9.17, 15) is 0 Å². The lowest BCUT2D eigenvalue weighted by Crippen LogP contribution is -2.29. The van der Waals surface area contributed by atoms with Crippen molar-refractivity contribution in [3.63, 3.8) is 0 Å². The molecule has 6 heteroatoms. The molecule has 2 N–H and O–H groups in total. The smallest absolute Gasteiger partial charge is 0.131 e. The Hall–Kier alpha value is -3.69. The first-order valence-electron chi connectivity index (χ1n) is 10.3. The zero-order chi connectivity index (χ0) is 21.6. The van der Waals surface area contributed by atoms with Crippen molar-refractivity contribution in [3.05, 3.63) is 72.8 Å². The lowest BCUT2D eigenvalue weighted by molar-refractivity contribution is 0.274. The van der Waals surface area contributed by atoms with E-state index in [4.69, 9.17) is 15.6 Å². The van der Waals surface area contributed by atoms with E-state index in [2.05, 4.69) is 35.8 Å². The summed E-state index contributed by atoms with van der Waals surface area (Å²) in [6.07, 6.45) is 7.89. The molecule has 31 heavy (non-hydrogen) atoms. The number of ether oxygens (including phenoxy) is 1. The molecule has 0 radical (unpaired) electrons. The Kier molecular flexibility index (Phi) is 6.25. The van der Waals surface area contributed by atoms with E-state index in [-0.39, 0.29) is 6.04 Å². The number of pyridine rings is 2. The van der Waals surface area contributed by atoms with Crippen molar-refractivity contribution >= 4 is 10.9 Å². The third-order valence-corrected chi connectivity index (χ3v) is 4.80. The summed E-state index contributed by atoms with van der Waals surface area (Å²) >= 11 is 0. The summed E-state index contributed by atoms with van der Waals surface area (Å²) in [5.41, 5.74) is 9.61. The highest BCUT2D eigenvalue weighted by Crippen LogP contribution is 2.34. The van der Waals surface area contributed by atoms with Crippen molar-refractivity contribution < 1.29 is 4.74 Å². The Bertz CT molecular complexity index is 1210. The van der Waals surface area contributed by atoms with Crippen LogP contribution in [0, 0.1) is 17.9 Å². The average molecular weight is 412 g/mol. The van der Waals surface area contributed by atoms with Gasteiger partial charge in [-0.1, -0.05) is 19.9 Å². The molecule has 0 aliphatic carbocycles. The van der Waals surface area contributed by atoms with Crippen molar-refractivity contribution in [2.24, 2.45) is 11.7 Å². The van der Waals surface area contributed by atoms with E-state index >= 15 is 0 Å². The number of rotatable bonds is 6. The van der Waals surface area contributed by atoms with Gasteiger partial charge in [0.2, 0.25) is 0 Å². The van der Waals surface area contributed by atoms with Crippen LogP contribution in [-0.2, 0) is 0 Å². The molecule has 1 aromatic carbocycles. The summed E-state index contributed by atoms with van der Waals surface area (Å²) in [6.45, 7) is 4.76. The van der Waals surface area contributed by atoms with Gasteiger partial charge in [0, 0.05) is 48.0 Å². The molecule has 6 nitrogen and oxygen atoms in total. The highest BCUT2D eigenvalue weighted by molar-refractivity contribution is 5.98. The summed E-state index contributed by atoms with van der Waals surface area (Å²) < 4.78 is 7.85. The van der Waals surface area contributed by atoms with Crippen LogP contribution in [0.5, 0.6) is 5.75 Å². The number of aromatic nitrogens is 4. The Labute approximate surface area is 182 Å². The number of nitrogens with two attached hydrogens (primary N) is 1. The molecule has 0 saturated carbocycles. The maximum Gasteiger partial charge on any atom is 0.131 e. The van der Waals surface area contributed by atoms with Crippen LogP contribution < -0.4 is 10.5 Å². The average Bonchev–Trinajstić information content (AvgIpc) is 3.16. The van der Waals surface area contributed by atoms with Crippen LogP contribution in [-0.4, -0.2) is 32.4 Å². The summed E-state index contributed by atoms with van der Waals surface area (Å²) in [5.74, 6) is 4.38. The van der Waals surface area contributed by atoms with Crippen molar-refractivity contribution in [3.8, 4) is 29.0 Å². The Morgan fingerprint density at radius 1 is 1.03 bits per heavy atom. The number of fused-ring (bicyclic) bond motifs is 1. The van der Waals surface area contributed by atoms with Gasteiger partial charge in [-0.15, -0.1) is 0 Å². The minimum absolute atomic E-state index is 0.0301. The molecule has 3 aromatic heterocycles. The fourth-order valence-corrected chi connectivity index (χ4v) is 3.47. The first kappa shape index (κ1) is 20.6. The van der Waals surface area contributed by atoms with Crippen LogP contribution in [0.2, 0.25) is 0 Å². The third kappa shape index (κ3) is 4.90. The van der Waals surface area contributed by atoms with Crippen molar-refractivity contribution in [1.82, 2.24) is 19.7 Å². The summed E-state index contributed by atoms with van der Waals surface area (Å²) in [4.78, 5) is 8.37. The van der Waals surface area contributed by atoms with Gasteiger partial charge in [-0.3, -0.25) is 9.97 Å².